The Bertz CT molecular complexity index is 1380. The van der Waals surface area contributed by atoms with Crippen molar-refractivity contribution in [2.75, 3.05) is 6.54 Å². The second-order valence-corrected chi connectivity index (χ2v) is 9.76. The fourth-order valence-corrected chi connectivity index (χ4v) is 6.10. The standard InChI is InChI=1S/C22H22FN5O2S/c1-14-11-17(23)21-16(20(14)22-24-13-27(2)26-22)12-19(25-21)31(29,30)28-10-6-9-18(28)15-7-4-3-5-8-15/h3-5,7-8,11-13,18,25H,6,9-10H2,1-2H3/t18-/m0/s1. The third-order valence-electron chi connectivity index (χ3n) is 5.84. The summed E-state index contributed by atoms with van der Waals surface area (Å²) in [6.45, 7) is 2.19. The molecular weight excluding hydrogens is 417 g/mol. The number of aromatic amines is 1. The maximum absolute atomic E-state index is 14.8. The molecule has 4 aromatic rings. The minimum Gasteiger partial charge on any atom is -0.342 e. The Balaban J connectivity index is 1.64. The van der Waals surface area contributed by atoms with Crippen molar-refractivity contribution < 1.29 is 12.8 Å². The zero-order valence-corrected chi connectivity index (χ0v) is 18.0. The first-order chi connectivity index (χ1) is 14.9. The zero-order valence-electron chi connectivity index (χ0n) is 17.2. The van der Waals surface area contributed by atoms with Crippen molar-refractivity contribution in [1.82, 2.24) is 24.1 Å². The van der Waals surface area contributed by atoms with Gasteiger partial charge in [0, 0.05) is 24.5 Å². The average molecular weight is 440 g/mol. The number of hydrogen-bond acceptors (Lipinski definition) is 4. The molecule has 0 bridgehead atoms. The minimum atomic E-state index is -3.86. The van der Waals surface area contributed by atoms with E-state index in [0.717, 1.165) is 18.4 Å². The van der Waals surface area contributed by atoms with Crippen molar-refractivity contribution in [1.29, 1.82) is 0 Å². The summed E-state index contributed by atoms with van der Waals surface area (Å²) in [5.74, 6) is -0.0778. The Kier molecular flexibility index (Phi) is 4.67. The lowest BCUT2D eigenvalue weighted by Gasteiger charge is -2.23. The van der Waals surface area contributed by atoms with E-state index in [2.05, 4.69) is 15.1 Å². The predicted molar refractivity (Wildman–Crippen MR) is 115 cm³/mol. The van der Waals surface area contributed by atoms with Crippen molar-refractivity contribution in [3.8, 4) is 11.4 Å². The number of H-pyrrole nitrogens is 1. The number of nitrogens with zero attached hydrogens (tertiary/aromatic N) is 4. The molecule has 2 aromatic heterocycles. The van der Waals surface area contributed by atoms with Gasteiger partial charge < -0.3 is 4.98 Å². The van der Waals surface area contributed by atoms with Gasteiger partial charge in [-0.25, -0.2) is 17.8 Å². The predicted octanol–water partition coefficient (Wildman–Crippen LogP) is 3.94. The molecule has 5 rings (SSSR count). The number of fused-ring (bicyclic) bond motifs is 1. The van der Waals surface area contributed by atoms with Gasteiger partial charge in [0.05, 0.1) is 11.6 Å². The minimum absolute atomic E-state index is 0.0213. The van der Waals surface area contributed by atoms with Crippen LogP contribution in [0.5, 0.6) is 0 Å². The molecule has 0 spiro atoms. The van der Waals surface area contributed by atoms with Gasteiger partial charge in [0.15, 0.2) is 5.82 Å². The highest BCUT2D eigenvalue weighted by atomic mass is 32.2. The number of halogens is 1. The summed E-state index contributed by atoms with van der Waals surface area (Å²) in [4.78, 5) is 7.11. The number of rotatable bonds is 4. The lowest BCUT2D eigenvalue weighted by atomic mass is 10.0. The van der Waals surface area contributed by atoms with Gasteiger partial charge in [-0.05, 0) is 43.0 Å². The Labute approximate surface area is 179 Å². The molecule has 1 fully saturated rings. The van der Waals surface area contributed by atoms with Crippen LogP contribution in [-0.2, 0) is 17.1 Å². The number of sulfonamides is 1. The van der Waals surface area contributed by atoms with Crippen LogP contribution in [0.25, 0.3) is 22.3 Å². The quantitative estimate of drug-likeness (QED) is 0.522. The van der Waals surface area contributed by atoms with Crippen molar-refractivity contribution in [3.05, 3.63) is 65.7 Å². The maximum atomic E-state index is 14.8. The van der Waals surface area contributed by atoms with Gasteiger partial charge in [0.1, 0.15) is 17.2 Å². The van der Waals surface area contributed by atoms with Crippen LogP contribution < -0.4 is 0 Å². The van der Waals surface area contributed by atoms with E-state index in [1.54, 1.807) is 25.0 Å². The van der Waals surface area contributed by atoms with Crippen LogP contribution in [0.4, 0.5) is 4.39 Å². The molecule has 1 N–H and O–H groups in total. The Hall–Kier alpha value is -3.04. The van der Waals surface area contributed by atoms with Gasteiger partial charge in [0.2, 0.25) is 0 Å². The summed E-state index contributed by atoms with van der Waals surface area (Å²) in [7, 11) is -2.11. The summed E-state index contributed by atoms with van der Waals surface area (Å²) in [6, 6.07) is 12.3. The highest BCUT2D eigenvalue weighted by molar-refractivity contribution is 7.89. The summed E-state index contributed by atoms with van der Waals surface area (Å²) in [5.41, 5.74) is 2.36. The second kappa shape index (κ2) is 7.28. The Morgan fingerprint density at radius 3 is 2.68 bits per heavy atom. The molecule has 1 atom stereocenters. The van der Waals surface area contributed by atoms with Gasteiger partial charge >= 0.3 is 0 Å². The summed E-state index contributed by atoms with van der Waals surface area (Å²) >= 11 is 0. The van der Waals surface area contributed by atoms with E-state index in [0.29, 0.717) is 28.9 Å². The van der Waals surface area contributed by atoms with Crippen LogP contribution in [-0.4, -0.2) is 39.0 Å². The van der Waals surface area contributed by atoms with Gasteiger partial charge in [0.25, 0.3) is 10.0 Å². The number of aryl methyl sites for hydroxylation is 2. The SMILES string of the molecule is Cc1cc(F)c2[nH]c(S(=O)(=O)N3CCC[C@H]3c3ccccc3)cc2c1-c1ncn(C)n1. The van der Waals surface area contributed by atoms with Crippen LogP contribution in [0.1, 0.15) is 30.0 Å². The third-order valence-corrected chi connectivity index (χ3v) is 7.67. The lowest BCUT2D eigenvalue weighted by molar-refractivity contribution is 0.395. The first kappa shape index (κ1) is 19.9. The molecule has 3 heterocycles. The van der Waals surface area contributed by atoms with Crippen molar-refractivity contribution >= 4 is 20.9 Å². The Morgan fingerprint density at radius 2 is 1.97 bits per heavy atom. The van der Waals surface area contributed by atoms with E-state index in [9.17, 15) is 12.8 Å². The first-order valence-corrected chi connectivity index (χ1v) is 11.5. The molecule has 0 radical (unpaired) electrons. The summed E-state index contributed by atoms with van der Waals surface area (Å²) < 4.78 is 45.0. The molecule has 2 aromatic carbocycles. The van der Waals surface area contributed by atoms with E-state index < -0.39 is 15.8 Å². The molecule has 31 heavy (non-hydrogen) atoms. The van der Waals surface area contributed by atoms with Crippen molar-refractivity contribution in [3.63, 3.8) is 0 Å². The molecule has 0 saturated carbocycles. The molecular formula is C22H22FN5O2S. The van der Waals surface area contributed by atoms with Crippen molar-refractivity contribution in [2.24, 2.45) is 7.05 Å². The lowest BCUT2D eigenvalue weighted by Crippen LogP contribution is -2.30. The van der Waals surface area contributed by atoms with Crippen LogP contribution >= 0.6 is 0 Å². The monoisotopic (exact) mass is 439 g/mol. The fraction of sp³-hybridized carbons (Fsp3) is 0.273. The molecule has 160 valence electrons. The molecule has 0 aliphatic carbocycles. The van der Waals surface area contributed by atoms with Gasteiger partial charge in [-0.1, -0.05) is 30.3 Å². The third kappa shape index (κ3) is 3.24. The van der Waals surface area contributed by atoms with Crippen molar-refractivity contribution in [2.45, 2.75) is 30.8 Å². The highest BCUT2D eigenvalue weighted by Crippen LogP contribution is 2.39. The Morgan fingerprint density at radius 1 is 1.19 bits per heavy atom. The van der Waals surface area contributed by atoms with Crippen LogP contribution in [0.15, 0.2) is 53.8 Å². The van der Waals surface area contributed by atoms with E-state index >= 15 is 0 Å². The molecule has 0 amide bonds. The highest BCUT2D eigenvalue weighted by Gasteiger charge is 2.37. The van der Waals surface area contributed by atoms with E-state index in [-0.39, 0.29) is 16.6 Å². The number of nitrogens with one attached hydrogen (secondary N) is 1. The van der Waals surface area contributed by atoms with Crippen LogP contribution in [0, 0.1) is 12.7 Å². The largest absolute Gasteiger partial charge is 0.342 e. The molecule has 9 heteroatoms. The first-order valence-electron chi connectivity index (χ1n) is 10.1. The molecule has 1 saturated heterocycles. The summed E-state index contributed by atoms with van der Waals surface area (Å²) in [6.07, 6.45) is 3.08. The normalized spacial score (nSPS) is 17.6. The second-order valence-electron chi connectivity index (χ2n) is 7.90. The van der Waals surface area contributed by atoms with Crippen LogP contribution in [0.3, 0.4) is 0 Å². The van der Waals surface area contributed by atoms with Gasteiger partial charge in [-0.3, -0.25) is 4.68 Å². The number of hydrogen-bond donors (Lipinski definition) is 1. The zero-order chi connectivity index (χ0) is 21.8. The van der Waals surface area contributed by atoms with Gasteiger partial charge in [-0.15, -0.1) is 0 Å². The maximum Gasteiger partial charge on any atom is 0.259 e. The van der Waals surface area contributed by atoms with E-state index in [1.807, 2.05) is 30.3 Å². The van der Waals surface area contributed by atoms with Gasteiger partial charge in [-0.2, -0.15) is 9.40 Å². The molecule has 0 unspecified atom stereocenters. The molecule has 7 nitrogen and oxygen atoms in total. The molecule has 1 aliphatic heterocycles. The number of benzene rings is 2. The smallest absolute Gasteiger partial charge is 0.259 e. The molecule has 1 aliphatic rings. The number of aromatic nitrogens is 4. The topological polar surface area (TPSA) is 83.9 Å². The fourth-order valence-electron chi connectivity index (χ4n) is 4.41. The summed E-state index contributed by atoms with van der Waals surface area (Å²) in [5, 5.41) is 4.77. The van der Waals surface area contributed by atoms with Crippen LogP contribution in [0.2, 0.25) is 0 Å². The van der Waals surface area contributed by atoms with E-state index in [4.69, 9.17) is 0 Å². The van der Waals surface area contributed by atoms with E-state index in [1.165, 1.54) is 16.4 Å². The average Bonchev–Trinajstić information content (AvgIpc) is 3.48.